The van der Waals surface area contributed by atoms with Crippen LogP contribution in [0.15, 0.2) is 6.07 Å². The molecule has 21 heavy (non-hydrogen) atoms. The molecule has 1 unspecified atom stereocenters. The lowest BCUT2D eigenvalue weighted by atomic mass is 9.96. The van der Waals surface area contributed by atoms with Crippen LogP contribution in [0.3, 0.4) is 0 Å². The van der Waals surface area contributed by atoms with Gasteiger partial charge in [0.05, 0.1) is 0 Å². The van der Waals surface area contributed by atoms with Gasteiger partial charge in [-0.15, -0.1) is 0 Å². The van der Waals surface area contributed by atoms with E-state index in [4.69, 9.17) is 4.98 Å². The van der Waals surface area contributed by atoms with Crippen LogP contribution >= 0.6 is 0 Å². The third-order valence-corrected chi connectivity index (χ3v) is 3.96. The van der Waals surface area contributed by atoms with Gasteiger partial charge in [-0.3, -0.25) is 0 Å². The molecular weight excluding hydrogens is 262 g/mol. The Morgan fingerprint density at radius 2 is 2.00 bits per heavy atom. The zero-order valence-corrected chi connectivity index (χ0v) is 14.0. The highest BCUT2D eigenvalue weighted by molar-refractivity contribution is 5.48. The summed E-state index contributed by atoms with van der Waals surface area (Å²) < 4.78 is 0. The minimum Gasteiger partial charge on any atom is -0.373 e. The summed E-state index contributed by atoms with van der Waals surface area (Å²) in [5, 5.41) is 6.74. The maximum Gasteiger partial charge on any atom is 0.138 e. The number of nitrogens with zero attached hydrogens (tertiary/aromatic N) is 3. The standard InChI is InChI=1S/C16H29N5/c1-6-21-9-7-8-12(11-21)18-14-10-13(17-5)19-15(20-14)16(2,3)4/h10,12H,6-9,11H2,1-5H3,(H2,17,18,19,20). The van der Waals surface area contributed by atoms with Gasteiger partial charge in [0.15, 0.2) is 0 Å². The molecule has 1 fully saturated rings. The molecule has 1 aliphatic rings. The minimum absolute atomic E-state index is 0.0503. The first-order chi connectivity index (χ1) is 9.92. The predicted molar refractivity (Wildman–Crippen MR) is 89.0 cm³/mol. The molecule has 0 radical (unpaired) electrons. The van der Waals surface area contributed by atoms with Crippen LogP contribution in [0.25, 0.3) is 0 Å². The van der Waals surface area contributed by atoms with Gasteiger partial charge in [0, 0.05) is 31.1 Å². The van der Waals surface area contributed by atoms with E-state index in [9.17, 15) is 0 Å². The number of piperidine rings is 1. The molecule has 0 aromatic carbocycles. The molecule has 0 spiro atoms. The van der Waals surface area contributed by atoms with Crippen molar-refractivity contribution in [3.05, 3.63) is 11.9 Å². The Bertz CT molecular complexity index is 466. The van der Waals surface area contributed by atoms with Gasteiger partial charge in [-0.2, -0.15) is 0 Å². The lowest BCUT2D eigenvalue weighted by Crippen LogP contribution is -2.42. The highest BCUT2D eigenvalue weighted by Crippen LogP contribution is 2.23. The molecule has 1 aromatic rings. The van der Waals surface area contributed by atoms with E-state index < -0.39 is 0 Å². The SMILES string of the molecule is CCN1CCCC(Nc2cc(NC)nc(C(C)(C)C)n2)C1. The van der Waals surface area contributed by atoms with Crippen LogP contribution in [0.1, 0.15) is 46.4 Å². The molecule has 5 heteroatoms. The lowest BCUT2D eigenvalue weighted by molar-refractivity contribution is 0.226. The molecule has 0 amide bonds. The van der Waals surface area contributed by atoms with E-state index >= 15 is 0 Å². The summed E-state index contributed by atoms with van der Waals surface area (Å²) in [6, 6.07) is 2.48. The molecule has 0 aliphatic carbocycles. The van der Waals surface area contributed by atoms with Gasteiger partial charge in [0.2, 0.25) is 0 Å². The maximum atomic E-state index is 4.72. The van der Waals surface area contributed by atoms with Crippen LogP contribution in [-0.4, -0.2) is 47.6 Å². The zero-order valence-electron chi connectivity index (χ0n) is 14.0. The topological polar surface area (TPSA) is 53.1 Å². The zero-order chi connectivity index (χ0) is 15.5. The van der Waals surface area contributed by atoms with E-state index in [0.29, 0.717) is 6.04 Å². The van der Waals surface area contributed by atoms with Crippen LogP contribution in [-0.2, 0) is 5.41 Å². The second kappa shape index (κ2) is 6.60. The number of rotatable bonds is 4. The average Bonchev–Trinajstić information content (AvgIpc) is 2.46. The molecule has 1 aliphatic heterocycles. The lowest BCUT2D eigenvalue weighted by Gasteiger charge is -2.32. The van der Waals surface area contributed by atoms with Crippen LogP contribution in [0.5, 0.6) is 0 Å². The van der Waals surface area contributed by atoms with E-state index in [0.717, 1.165) is 30.5 Å². The van der Waals surface area contributed by atoms with Crippen molar-refractivity contribution in [2.24, 2.45) is 0 Å². The molecule has 1 saturated heterocycles. The molecule has 1 atom stereocenters. The fourth-order valence-electron chi connectivity index (χ4n) is 2.65. The molecule has 2 heterocycles. The number of hydrogen-bond donors (Lipinski definition) is 2. The average molecular weight is 291 g/mol. The molecule has 2 N–H and O–H groups in total. The van der Waals surface area contributed by atoms with Crippen LogP contribution in [0.2, 0.25) is 0 Å². The van der Waals surface area contributed by atoms with Gasteiger partial charge in [-0.05, 0) is 25.9 Å². The van der Waals surface area contributed by atoms with E-state index in [2.05, 4.69) is 48.2 Å². The number of likely N-dealkylation sites (N-methyl/N-ethyl adjacent to an activating group) is 1. The molecule has 118 valence electrons. The summed E-state index contributed by atoms with van der Waals surface area (Å²) in [6.07, 6.45) is 2.46. The quantitative estimate of drug-likeness (QED) is 0.893. The van der Waals surface area contributed by atoms with Gasteiger partial charge >= 0.3 is 0 Å². The Labute approximate surface area is 128 Å². The Morgan fingerprint density at radius 1 is 1.29 bits per heavy atom. The molecule has 2 rings (SSSR count). The smallest absolute Gasteiger partial charge is 0.138 e. The monoisotopic (exact) mass is 291 g/mol. The van der Waals surface area contributed by atoms with Crippen LogP contribution < -0.4 is 10.6 Å². The first kappa shape index (κ1) is 16.0. The van der Waals surface area contributed by atoms with E-state index in [1.54, 1.807) is 0 Å². The van der Waals surface area contributed by atoms with Crippen LogP contribution in [0, 0.1) is 0 Å². The first-order valence-electron chi connectivity index (χ1n) is 7.98. The number of aromatic nitrogens is 2. The first-order valence-corrected chi connectivity index (χ1v) is 7.98. The fraction of sp³-hybridized carbons (Fsp3) is 0.750. The van der Waals surface area contributed by atoms with Crippen molar-refractivity contribution in [2.75, 3.05) is 37.3 Å². The highest BCUT2D eigenvalue weighted by Gasteiger charge is 2.22. The Hall–Kier alpha value is -1.36. The molecule has 5 nitrogen and oxygen atoms in total. The summed E-state index contributed by atoms with van der Waals surface area (Å²) in [4.78, 5) is 11.8. The molecule has 0 bridgehead atoms. The van der Waals surface area contributed by atoms with Crippen molar-refractivity contribution in [1.29, 1.82) is 0 Å². The predicted octanol–water partition coefficient (Wildman–Crippen LogP) is 2.71. The van der Waals surface area contributed by atoms with Crippen LogP contribution in [0.4, 0.5) is 11.6 Å². The van der Waals surface area contributed by atoms with Crippen molar-refractivity contribution in [2.45, 2.75) is 52.0 Å². The molecule has 0 saturated carbocycles. The summed E-state index contributed by atoms with van der Waals surface area (Å²) in [5.41, 5.74) is -0.0503. The van der Waals surface area contributed by atoms with Crippen molar-refractivity contribution in [3.63, 3.8) is 0 Å². The normalized spacial score (nSPS) is 20.3. The summed E-state index contributed by atoms with van der Waals surface area (Å²) in [6.45, 7) is 12.1. The fourth-order valence-corrected chi connectivity index (χ4v) is 2.65. The van der Waals surface area contributed by atoms with Gasteiger partial charge in [0.25, 0.3) is 0 Å². The van der Waals surface area contributed by atoms with Gasteiger partial charge in [0.1, 0.15) is 17.5 Å². The van der Waals surface area contributed by atoms with E-state index in [1.165, 1.54) is 19.4 Å². The summed E-state index contributed by atoms with van der Waals surface area (Å²) >= 11 is 0. The van der Waals surface area contributed by atoms with Crippen molar-refractivity contribution in [1.82, 2.24) is 14.9 Å². The number of anilines is 2. The second-order valence-corrected chi connectivity index (χ2v) is 6.84. The number of likely N-dealkylation sites (tertiary alicyclic amines) is 1. The summed E-state index contributed by atoms with van der Waals surface area (Å²) in [7, 11) is 1.90. The van der Waals surface area contributed by atoms with Gasteiger partial charge in [-0.1, -0.05) is 27.7 Å². The number of nitrogens with one attached hydrogen (secondary N) is 2. The minimum atomic E-state index is -0.0503. The van der Waals surface area contributed by atoms with E-state index in [-0.39, 0.29) is 5.41 Å². The Morgan fingerprint density at radius 3 is 2.62 bits per heavy atom. The summed E-state index contributed by atoms with van der Waals surface area (Å²) in [5.74, 6) is 2.68. The molecule has 1 aromatic heterocycles. The Kier molecular flexibility index (Phi) is 5.04. The van der Waals surface area contributed by atoms with Crippen molar-refractivity contribution < 1.29 is 0 Å². The Balaban J connectivity index is 2.15. The third kappa shape index (κ3) is 4.30. The maximum absolute atomic E-state index is 4.72. The largest absolute Gasteiger partial charge is 0.373 e. The van der Waals surface area contributed by atoms with E-state index in [1.807, 2.05) is 13.1 Å². The third-order valence-electron chi connectivity index (χ3n) is 3.96. The highest BCUT2D eigenvalue weighted by atomic mass is 15.2. The van der Waals surface area contributed by atoms with Crippen molar-refractivity contribution >= 4 is 11.6 Å². The van der Waals surface area contributed by atoms with Crippen molar-refractivity contribution in [3.8, 4) is 0 Å². The number of hydrogen-bond acceptors (Lipinski definition) is 5. The molecular formula is C16H29N5. The van der Waals surface area contributed by atoms with Gasteiger partial charge in [-0.25, -0.2) is 9.97 Å². The second-order valence-electron chi connectivity index (χ2n) is 6.84. The van der Waals surface area contributed by atoms with Gasteiger partial charge < -0.3 is 15.5 Å².